The molecule has 0 radical (unpaired) electrons. The quantitative estimate of drug-likeness (QED) is 0.784. The van der Waals surface area contributed by atoms with Gasteiger partial charge in [-0.2, -0.15) is 0 Å². The van der Waals surface area contributed by atoms with Crippen LogP contribution in [0.3, 0.4) is 0 Å². The van der Waals surface area contributed by atoms with E-state index in [1.54, 1.807) is 4.90 Å². The summed E-state index contributed by atoms with van der Waals surface area (Å²) >= 11 is 5.88. The zero-order chi connectivity index (χ0) is 19.6. The Kier molecular flexibility index (Phi) is 5.52. The molecule has 1 fully saturated rings. The Balaban J connectivity index is 1.98. The largest absolute Gasteiger partial charge is 0.478 e. The molecule has 1 aromatic carbocycles. The molecule has 8 nitrogen and oxygen atoms in total. The summed E-state index contributed by atoms with van der Waals surface area (Å²) in [7, 11) is 1.24. The Labute approximate surface area is 158 Å². The first-order chi connectivity index (χ1) is 12.9. The average molecular weight is 396 g/mol. The van der Waals surface area contributed by atoms with Crippen LogP contribution in [0.2, 0.25) is 5.02 Å². The maximum absolute atomic E-state index is 14.1. The van der Waals surface area contributed by atoms with E-state index in [1.807, 2.05) is 0 Å². The predicted octanol–water partition coefficient (Wildman–Crippen LogP) is 2.01. The van der Waals surface area contributed by atoms with Gasteiger partial charge in [0.05, 0.1) is 26.0 Å². The van der Waals surface area contributed by atoms with E-state index >= 15 is 0 Å². The Hall–Kier alpha value is -2.78. The lowest BCUT2D eigenvalue weighted by Crippen LogP contribution is -2.47. The van der Waals surface area contributed by atoms with Gasteiger partial charge in [0.25, 0.3) is 0 Å². The van der Waals surface area contributed by atoms with Gasteiger partial charge in [-0.15, -0.1) is 10.2 Å². The van der Waals surface area contributed by atoms with Crippen molar-refractivity contribution in [1.82, 2.24) is 10.2 Å². The molecule has 0 amide bonds. The molecule has 142 valence electrons. The number of carbonyl (C=O) groups excluding carboxylic acids is 1. The number of carboxylic acid groups (broad SMARTS) is 1. The minimum atomic E-state index is -1.26. The molecular formula is C17H15ClFN3O5. The second-order valence-electron chi connectivity index (χ2n) is 5.72. The van der Waals surface area contributed by atoms with Crippen LogP contribution >= 0.6 is 11.6 Å². The molecule has 0 saturated carbocycles. The van der Waals surface area contributed by atoms with Crippen molar-refractivity contribution >= 4 is 29.4 Å². The standard InChI is InChI=1S/C17H15ClFN3O5/c1-26-17(25)14-8-22(4-5-27-14)15-11(16(23)24)7-13(20-21-15)10-6-9(18)2-3-12(10)19/h2-3,6-7,14H,4-5,8H2,1H3,(H,23,24). The average Bonchev–Trinajstić information content (AvgIpc) is 2.68. The molecule has 1 aliphatic rings. The smallest absolute Gasteiger partial charge is 0.339 e. The third-order valence-corrected chi connectivity index (χ3v) is 4.27. The number of hydrogen-bond donors (Lipinski definition) is 1. The highest BCUT2D eigenvalue weighted by molar-refractivity contribution is 6.30. The predicted molar refractivity (Wildman–Crippen MR) is 93.4 cm³/mol. The van der Waals surface area contributed by atoms with Crippen LogP contribution in [0.4, 0.5) is 10.2 Å². The van der Waals surface area contributed by atoms with Crippen LogP contribution in [-0.4, -0.2) is 60.2 Å². The van der Waals surface area contributed by atoms with Crippen LogP contribution in [0.1, 0.15) is 10.4 Å². The van der Waals surface area contributed by atoms with E-state index in [4.69, 9.17) is 16.3 Å². The molecule has 2 aromatic rings. The lowest BCUT2D eigenvalue weighted by molar-refractivity contribution is -0.154. The van der Waals surface area contributed by atoms with Crippen molar-refractivity contribution in [3.8, 4) is 11.3 Å². The third-order valence-electron chi connectivity index (χ3n) is 4.04. The topological polar surface area (TPSA) is 102 Å². The molecule has 2 heterocycles. The summed E-state index contributed by atoms with van der Waals surface area (Å²) < 4.78 is 24.1. The van der Waals surface area contributed by atoms with Crippen molar-refractivity contribution < 1.29 is 28.6 Å². The zero-order valence-corrected chi connectivity index (χ0v) is 14.9. The Morgan fingerprint density at radius 3 is 2.85 bits per heavy atom. The number of esters is 1. The Bertz CT molecular complexity index is 895. The number of carbonyl (C=O) groups is 2. The summed E-state index contributed by atoms with van der Waals surface area (Å²) in [5, 5.41) is 17.8. The second kappa shape index (κ2) is 7.85. The molecule has 1 atom stereocenters. The molecule has 0 bridgehead atoms. The highest BCUT2D eigenvalue weighted by Gasteiger charge is 2.31. The molecule has 1 N–H and O–H groups in total. The maximum Gasteiger partial charge on any atom is 0.339 e. The number of anilines is 1. The normalized spacial score (nSPS) is 16.9. The van der Waals surface area contributed by atoms with Crippen molar-refractivity contribution in [2.75, 3.05) is 31.7 Å². The number of ether oxygens (including phenoxy) is 2. The van der Waals surface area contributed by atoms with E-state index in [0.29, 0.717) is 6.54 Å². The third kappa shape index (κ3) is 3.99. The van der Waals surface area contributed by atoms with Gasteiger partial charge in [0.1, 0.15) is 11.4 Å². The van der Waals surface area contributed by atoms with E-state index < -0.39 is 23.9 Å². The number of benzene rings is 1. The van der Waals surface area contributed by atoms with Gasteiger partial charge >= 0.3 is 11.9 Å². The minimum absolute atomic E-state index is 0.0360. The van der Waals surface area contributed by atoms with Crippen LogP contribution < -0.4 is 4.90 Å². The molecule has 0 spiro atoms. The number of nitrogens with zero attached hydrogens (tertiary/aromatic N) is 3. The summed E-state index contributed by atoms with van der Waals surface area (Å²) in [4.78, 5) is 25.0. The van der Waals surface area contributed by atoms with E-state index in [0.717, 1.165) is 6.07 Å². The molecule has 1 saturated heterocycles. The zero-order valence-electron chi connectivity index (χ0n) is 14.2. The minimum Gasteiger partial charge on any atom is -0.478 e. The second-order valence-corrected chi connectivity index (χ2v) is 6.16. The van der Waals surface area contributed by atoms with Gasteiger partial charge in [0.15, 0.2) is 11.9 Å². The number of methoxy groups -OCH3 is 1. The van der Waals surface area contributed by atoms with Crippen LogP contribution in [0.15, 0.2) is 24.3 Å². The lowest BCUT2D eigenvalue weighted by atomic mass is 10.1. The number of aromatic carboxylic acids is 1. The maximum atomic E-state index is 14.1. The molecule has 10 heteroatoms. The molecule has 27 heavy (non-hydrogen) atoms. The highest BCUT2D eigenvalue weighted by atomic mass is 35.5. The van der Waals surface area contributed by atoms with Gasteiger partial charge in [-0.05, 0) is 24.3 Å². The molecule has 3 rings (SSSR count). The van der Waals surface area contributed by atoms with Crippen molar-refractivity contribution in [1.29, 1.82) is 0 Å². The summed E-state index contributed by atoms with van der Waals surface area (Å²) in [5.74, 6) is -2.37. The number of aromatic nitrogens is 2. The van der Waals surface area contributed by atoms with E-state index in [1.165, 1.54) is 25.3 Å². The van der Waals surface area contributed by atoms with Crippen molar-refractivity contribution in [3.63, 3.8) is 0 Å². The highest BCUT2D eigenvalue weighted by Crippen LogP contribution is 2.28. The number of carboxylic acids is 1. The molecule has 1 aliphatic heterocycles. The fourth-order valence-corrected chi connectivity index (χ4v) is 2.89. The lowest BCUT2D eigenvalue weighted by Gasteiger charge is -2.32. The van der Waals surface area contributed by atoms with Crippen LogP contribution in [-0.2, 0) is 14.3 Å². The first-order valence-electron chi connectivity index (χ1n) is 7.91. The fraction of sp³-hybridized carbons (Fsp3) is 0.294. The Morgan fingerprint density at radius 2 is 2.15 bits per heavy atom. The van der Waals surface area contributed by atoms with E-state index in [2.05, 4.69) is 14.9 Å². The van der Waals surface area contributed by atoms with Crippen molar-refractivity contribution in [3.05, 3.63) is 40.7 Å². The monoisotopic (exact) mass is 395 g/mol. The van der Waals surface area contributed by atoms with Crippen molar-refractivity contribution in [2.45, 2.75) is 6.10 Å². The number of hydrogen-bond acceptors (Lipinski definition) is 7. The van der Waals surface area contributed by atoms with Crippen molar-refractivity contribution in [2.24, 2.45) is 0 Å². The Morgan fingerprint density at radius 1 is 1.37 bits per heavy atom. The van der Waals surface area contributed by atoms with E-state index in [-0.39, 0.29) is 40.8 Å². The van der Waals surface area contributed by atoms with Crippen LogP contribution in [0, 0.1) is 5.82 Å². The number of morpholine rings is 1. The van der Waals surface area contributed by atoms with E-state index in [9.17, 15) is 19.1 Å². The number of halogens is 2. The van der Waals surface area contributed by atoms with Gasteiger partial charge in [0, 0.05) is 17.1 Å². The number of rotatable bonds is 4. The van der Waals surface area contributed by atoms with Gasteiger partial charge in [-0.1, -0.05) is 11.6 Å². The fourth-order valence-electron chi connectivity index (χ4n) is 2.72. The first kappa shape index (κ1) is 19.0. The summed E-state index contributed by atoms with van der Waals surface area (Å²) in [6.07, 6.45) is -0.864. The SMILES string of the molecule is COC(=O)C1CN(c2nnc(-c3cc(Cl)ccc3F)cc2C(=O)O)CCO1. The van der Waals surface area contributed by atoms with Crippen LogP contribution in [0.5, 0.6) is 0 Å². The summed E-state index contributed by atoms with van der Waals surface area (Å²) in [5.41, 5.74) is -0.0997. The molecule has 0 aliphatic carbocycles. The van der Waals surface area contributed by atoms with Gasteiger partial charge in [-0.25, -0.2) is 14.0 Å². The van der Waals surface area contributed by atoms with Gasteiger partial charge in [-0.3, -0.25) is 0 Å². The summed E-state index contributed by atoms with van der Waals surface area (Å²) in [6.45, 7) is 0.561. The molecular weight excluding hydrogens is 381 g/mol. The summed E-state index contributed by atoms with van der Waals surface area (Å²) in [6, 6.07) is 5.11. The first-order valence-corrected chi connectivity index (χ1v) is 8.29. The molecule has 1 aromatic heterocycles. The van der Waals surface area contributed by atoms with Gasteiger partial charge in [0.2, 0.25) is 0 Å². The molecule has 1 unspecified atom stereocenters. The van der Waals surface area contributed by atoms with Gasteiger partial charge < -0.3 is 19.5 Å². The van der Waals surface area contributed by atoms with Crippen LogP contribution in [0.25, 0.3) is 11.3 Å².